The Morgan fingerprint density at radius 1 is 1.12 bits per heavy atom. The minimum atomic E-state index is 0.313. The fourth-order valence-electron chi connectivity index (χ4n) is 3.56. The molecular formula is C20H19N5. The van der Waals surface area contributed by atoms with E-state index in [1.807, 2.05) is 30.3 Å². The van der Waals surface area contributed by atoms with Crippen LogP contribution >= 0.6 is 0 Å². The zero-order chi connectivity index (χ0) is 17.1. The van der Waals surface area contributed by atoms with Crippen LogP contribution in [-0.4, -0.2) is 31.7 Å². The molecule has 0 N–H and O–H groups in total. The smallest absolute Gasteiger partial charge is 0.170 e. The van der Waals surface area contributed by atoms with E-state index < -0.39 is 0 Å². The van der Waals surface area contributed by atoms with E-state index in [0.29, 0.717) is 19.1 Å². The van der Waals surface area contributed by atoms with Crippen LogP contribution in [0.4, 0.5) is 0 Å². The molecular weight excluding hydrogens is 310 g/mol. The first-order chi connectivity index (χ1) is 12.4. The average molecular weight is 329 g/mol. The SMILES string of the molecule is C#CCN(Cc1nnnn1-c1ccccc1)C1CCc2ccccc21. The summed E-state index contributed by atoms with van der Waals surface area (Å²) in [6.07, 6.45) is 7.81. The second-order valence-electron chi connectivity index (χ2n) is 6.20. The fourth-order valence-corrected chi connectivity index (χ4v) is 3.56. The Bertz CT molecular complexity index is 894. The Morgan fingerprint density at radius 3 is 2.76 bits per heavy atom. The molecule has 0 fully saturated rings. The zero-order valence-corrected chi connectivity index (χ0v) is 13.9. The van der Waals surface area contributed by atoms with Gasteiger partial charge in [-0.2, -0.15) is 4.68 Å². The van der Waals surface area contributed by atoms with Gasteiger partial charge in [0.25, 0.3) is 0 Å². The molecule has 0 amide bonds. The summed E-state index contributed by atoms with van der Waals surface area (Å²) in [5, 5.41) is 12.2. The molecule has 0 spiro atoms. The molecule has 25 heavy (non-hydrogen) atoms. The average Bonchev–Trinajstić information content (AvgIpc) is 3.29. The molecule has 1 atom stereocenters. The number of aryl methyl sites for hydroxylation is 1. The van der Waals surface area contributed by atoms with Gasteiger partial charge >= 0.3 is 0 Å². The van der Waals surface area contributed by atoms with Gasteiger partial charge in [0.1, 0.15) is 0 Å². The van der Waals surface area contributed by atoms with Gasteiger partial charge in [-0.3, -0.25) is 4.90 Å². The van der Waals surface area contributed by atoms with Gasteiger partial charge in [-0.15, -0.1) is 11.5 Å². The van der Waals surface area contributed by atoms with Crippen LogP contribution in [0.3, 0.4) is 0 Å². The molecule has 0 aliphatic heterocycles. The Hall–Kier alpha value is -2.97. The quantitative estimate of drug-likeness (QED) is 0.675. The van der Waals surface area contributed by atoms with Crippen LogP contribution in [0.1, 0.15) is 29.4 Å². The number of fused-ring (bicyclic) bond motifs is 1. The Labute approximate surface area is 147 Å². The summed E-state index contributed by atoms with van der Waals surface area (Å²) >= 11 is 0. The number of hydrogen-bond acceptors (Lipinski definition) is 4. The maximum atomic E-state index is 5.65. The summed E-state index contributed by atoms with van der Waals surface area (Å²) < 4.78 is 1.78. The molecule has 1 aliphatic rings. The van der Waals surface area contributed by atoms with Crippen molar-refractivity contribution in [1.29, 1.82) is 0 Å². The summed E-state index contributed by atoms with van der Waals surface area (Å²) in [4.78, 5) is 2.29. The molecule has 5 heteroatoms. The van der Waals surface area contributed by atoms with Gasteiger partial charge in [0.15, 0.2) is 5.82 Å². The van der Waals surface area contributed by atoms with Crippen molar-refractivity contribution in [2.45, 2.75) is 25.4 Å². The van der Waals surface area contributed by atoms with Crippen LogP contribution in [0.5, 0.6) is 0 Å². The van der Waals surface area contributed by atoms with Crippen molar-refractivity contribution in [3.8, 4) is 18.0 Å². The summed E-state index contributed by atoms with van der Waals surface area (Å²) in [6.45, 7) is 1.19. The standard InChI is InChI=1S/C20H19N5/c1-2-14-24(19-13-12-16-8-6-7-11-18(16)19)15-20-21-22-23-25(20)17-9-4-3-5-10-17/h1,3-11,19H,12-15H2. The van der Waals surface area contributed by atoms with Crippen molar-refractivity contribution in [3.63, 3.8) is 0 Å². The lowest BCUT2D eigenvalue weighted by molar-refractivity contribution is 0.206. The van der Waals surface area contributed by atoms with Gasteiger partial charge in [0, 0.05) is 6.04 Å². The molecule has 1 heterocycles. The molecule has 0 bridgehead atoms. The highest BCUT2D eigenvalue weighted by Crippen LogP contribution is 2.36. The summed E-state index contributed by atoms with van der Waals surface area (Å²) in [5.41, 5.74) is 3.74. The Kier molecular flexibility index (Phi) is 4.28. The first kappa shape index (κ1) is 15.6. The van der Waals surface area contributed by atoms with Crippen LogP contribution in [0, 0.1) is 12.3 Å². The van der Waals surface area contributed by atoms with E-state index in [4.69, 9.17) is 6.42 Å². The van der Waals surface area contributed by atoms with E-state index in [9.17, 15) is 0 Å². The van der Waals surface area contributed by atoms with Gasteiger partial charge in [-0.1, -0.05) is 48.4 Å². The molecule has 5 nitrogen and oxygen atoms in total. The van der Waals surface area contributed by atoms with Crippen LogP contribution in [0.2, 0.25) is 0 Å². The topological polar surface area (TPSA) is 46.8 Å². The van der Waals surface area contributed by atoms with Gasteiger partial charge in [-0.05, 0) is 46.5 Å². The predicted octanol–water partition coefficient (Wildman–Crippen LogP) is 2.79. The van der Waals surface area contributed by atoms with Crippen molar-refractivity contribution < 1.29 is 0 Å². The number of nitrogens with zero attached hydrogens (tertiary/aromatic N) is 5. The lowest BCUT2D eigenvalue weighted by Crippen LogP contribution is -2.29. The highest BCUT2D eigenvalue weighted by molar-refractivity contribution is 5.35. The number of hydrogen-bond donors (Lipinski definition) is 0. The molecule has 0 saturated carbocycles. The Morgan fingerprint density at radius 2 is 1.92 bits per heavy atom. The first-order valence-corrected chi connectivity index (χ1v) is 8.45. The third-order valence-corrected chi connectivity index (χ3v) is 4.72. The second-order valence-corrected chi connectivity index (χ2v) is 6.20. The number of para-hydroxylation sites is 1. The van der Waals surface area contributed by atoms with Crippen molar-refractivity contribution in [1.82, 2.24) is 25.1 Å². The number of aromatic nitrogens is 4. The largest absolute Gasteiger partial charge is 0.278 e. The zero-order valence-electron chi connectivity index (χ0n) is 13.9. The van der Waals surface area contributed by atoms with E-state index in [-0.39, 0.29) is 0 Å². The normalized spacial score (nSPS) is 15.9. The number of tetrazole rings is 1. The molecule has 1 unspecified atom stereocenters. The van der Waals surface area contributed by atoms with Crippen molar-refractivity contribution in [2.24, 2.45) is 0 Å². The molecule has 4 rings (SSSR count). The predicted molar refractivity (Wildman–Crippen MR) is 95.9 cm³/mol. The van der Waals surface area contributed by atoms with E-state index in [1.165, 1.54) is 11.1 Å². The van der Waals surface area contributed by atoms with E-state index in [1.54, 1.807) is 4.68 Å². The van der Waals surface area contributed by atoms with Crippen LogP contribution < -0.4 is 0 Å². The van der Waals surface area contributed by atoms with Gasteiger partial charge in [0.05, 0.1) is 18.8 Å². The van der Waals surface area contributed by atoms with Crippen LogP contribution in [-0.2, 0) is 13.0 Å². The molecule has 124 valence electrons. The van der Waals surface area contributed by atoms with Crippen molar-refractivity contribution >= 4 is 0 Å². The maximum absolute atomic E-state index is 5.65. The van der Waals surface area contributed by atoms with Gasteiger partial charge in [-0.25, -0.2) is 0 Å². The summed E-state index contributed by atoms with van der Waals surface area (Å²) in [6, 6.07) is 18.9. The first-order valence-electron chi connectivity index (χ1n) is 8.45. The number of rotatable bonds is 5. The number of benzene rings is 2. The van der Waals surface area contributed by atoms with E-state index >= 15 is 0 Å². The maximum Gasteiger partial charge on any atom is 0.170 e. The van der Waals surface area contributed by atoms with Crippen molar-refractivity contribution in [3.05, 3.63) is 71.5 Å². The lowest BCUT2D eigenvalue weighted by Gasteiger charge is -2.27. The Balaban J connectivity index is 1.63. The molecule has 1 aliphatic carbocycles. The van der Waals surface area contributed by atoms with E-state index in [0.717, 1.165) is 24.4 Å². The summed E-state index contributed by atoms with van der Waals surface area (Å²) in [7, 11) is 0. The fraction of sp³-hybridized carbons (Fsp3) is 0.250. The number of terminal acetylenes is 1. The molecule has 1 aromatic heterocycles. The van der Waals surface area contributed by atoms with E-state index in [2.05, 4.69) is 50.6 Å². The van der Waals surface area contributed by atoms with Gasteiger partial charge < -0.3 is 0 Å². The molecule has 0 saturated heterocycles. The molecule has 0 radical (unpaired) electrons. The van der Waals surface area contributed by atoms with Crippen molar-refractivity contribution in [2.75, 3.05) is 6.54 Å². The summed E-state index contributed by atoms with van der Waals surface area (Å²) in [5.74, 6) is 3.59. The monoisotopic (exact) mass is 329 g/mol. The second kappa shape index (κ2) is 6.88. The highest BCUT2D eigenvalue weighted by Gasteiger charge is 2.28. The lowest BCUT2D eigenvalue weighted by atomic mass is 10.1. The minimum absolute atomic E-state index is 0.313. The third-order valence-electron chi connectivity index (χ3n) is 4.72. The van der Waals surface area contributed by atoms with Gasteiger partial charge in [0.2, 0.25) is 0 Å². The highest BCUT2D eigenvalue weighted by atomic mass is 15.5. The van der Waals surface area contributed by atoms with Crippen LogP contribution in [0.25, 0.3) is 5.69 Å². The van der Waals surface area contributed by atoms with Crippen LogP contribution in [0.15, 0.2) is 54.6 Å². The molecule has 3 aromatic rings. The third kappa shape index (κ3) is 3.04. The molecule has 2 aromatic carbocycles. The minimum Gasteiger partial charge on any atom is -0.278 e.